The van der Waals surface area contributed by atoms with E-state index in [1.54, 1.807) is 6.07 Å². The van der Waals surface area contributed by atoms with Crippen LogP contribution in [-0.4, -0.2) is 29.9 Å². The van der Waals surface area contributed by atoms with Gasteiger partial charge in [-0.05, 0) is 37.0 Å². The summed E-state index contributed by atoms with van der Waals surface area (Å²) in [6.07, 6.45) is 2.53. The van der Waals surface area contributed by atoms with Gasteiger partial charge in [0.2, 0.25) is 5.91 Å². The predicted octanol–water partition coefficient (Wildman–Crippen LogP) is 3.72. The van der Waals surface area contributed by atoms with Crippen LogP contribution in [0.5, 0.6) is 0 Å². The molecule has 1 amide bonds. The molecule has 1 aliphatic heterocycles. The number of carbonyl (C=O) groups excluding carboxylic acids is 1. The third-order valence-electron chi connectivity index (χ3n) is 5.41. The molecule has 1 aromatic carbocycles. The van der Waals surface area contributed by atoms with Crippen LogP contribution in [0.4, 0.5) is 4.39 Å². The van der Waals surface area contributed by atoms with Crippen molar-refractivity contribution in [1.82, 2.24) is 4.90 Å². The molecule has 0 spiro atoms. The van der Waals surface area contributed by atoms with E-state index in [9.17, 15) is 9.18 Å². The molecule has 23 heavy (non-hydrogen) atoms. The van der Waals surface area contributed by atoms with E-state index in [1.807, 2.05) is 11.0 Å². The van der Waals surface area contributed by atoms with Gasteiger partial charge in [-0.25, -0.2) is 4.39 Å². The maximum atomic E-state index is 13.4. The van der Waals surface area contributed by atoms with E-state index >= 15 is 0 Å². The van der Waals surface area contributed by atoms with Gasteiger partial charge in [0, 0.05) is 30.5 Å². The average Bonchev–Trinajstić information content (AvgIpc) is 2.91. The Morgan fingerprint density at radius 1 is 1.26 bits per heavy atom. The lowest BCUT2D eigenvalue weighted by molar-refractivity contribution is -0.142. The first-order valence-electron chi connectivity index (χ1n) is 8.27. The highest BCUT2D eigenvalue weighted by atomic mass is 35.5. The quantitative estimate of drug-likeness (QED) is 0.886. The van der Waals surface area contributed by atoms with Crippen LogP contribution < -0.4 is 5.73 Å². The molecule has 0 aliphatic carbocycles. The summed E-state index contributed by atoms with van der Waals surface area (Å²) in [4.78, 5) is 14.8. The molecule has 5 heteroatoms. The lowest BCUT2D eigenvalue weighted by Gasteiger charge is -2.33. The first kappa shape index (κ1) is 19.9. The van der Waals surface area contributed by atoms with Crippen LogP contribution in [0.3, 0.4) is 0 Å². The monoisotopic (exact) mass is 342 g/mol. The van der Waals surface area contributed by atoms with Crippen LogP contribution in [0.25, 0.3) is 0 Å². The predicted molar refractivity (Wildman–Crippen MR) is 94.3 cm³/mol. The van der Waals surface area contributed by atoms with E-state index in [0.29, 0.717) is 13.1 Å². The number of amides is 1. The second-order valence-electron chi connectivity index (χ2n) is 6.38. The highest BCUT2D eigenvalue weighted by Crippen LogP contribution is 2.36. The summed E-state index contributed by atoms with van der Waals surface area (Å²) in [6.45, 7) is 7.37. The van der Waals surface area contributed by atoms with E-state index in [0.717, 1.165) is 24.8 Å². The first-order valence-corrected chi connectivity index (χ1v) is 8.27. The van der Waals surface area contributed by atoms with E-state index in [2.05, 4.69) is 20.8 Å². The number of hydrogen-bond acceptors (Lipinski definition) is 2. The number of hydrogen-bond donors (Lipinski definition) is 1. The normalized spacial score (nSPS) is 21.2. The minimum atomic E-state index is -0.281. The van der Waals surface area contributed by atoms with Crippen LogP contribution in [0.1, 0.15) is 51.5 Å². The third kappa shape index (κ3) is 3.86. The summed E-state index contributed by atoms with van der Waals surface area (Å²) in [5, 5.41) is 0. The van der Waals surface area contributed by atoms with Gasteiger partial charge in [-0.2, -0.15) is 0 Å². The second-order valence-corrected chi connectivity index (χ2v) is 6.38. The minimum Gasteiger partial charge on any atom is -0.340 e. The SMILES string of the molecule is CCC(CC)(CC)C(=O)N1C[C@@H](N)[C@H](c2cccc(F)c2)C1.Cl. The molecular formula is C18H28ClFN2O. The highest BCUT2D eigenvalue weighted by molar-refractivity contribution is 5.85. The number of likely N-dealkylation sites (tertiary alicyclic amines) is 1. The van der Waals surface area contributed by atoms with Crippen LogP contribution in [0, 0.1) is 11.2 Å². The molecule has 1 aromatic rings. The highest BCUT2D eigenvalue weighted by Gasteiger charge is 2.41. The molecule has 3 nitrogen and oxygen atoms in total. The second kappa shape index (κ2) is 8.11. The minimum absolute atomic E-state index is 0. The number of nitrogens with two attached hydrogens (primary N) is 1. The van der Waals surface area contributed by atoms with Crippen LogP contribution >= 0.6 is 12.4 Å². The number of benzene rings is 1. The molecule has 1 fully saturated rings. The summed E-state index contributed by atoms with van der Waals surface area (Å²) in [6, 6.07) is 6.44. The zero-order valence-corrected chi connectivity index (χ0v) is 15.0. The van der Waals surface area contributed by atoms with Gasteiger partial charge in [0.05, 0.1) is 0 Å². The molecule has 1 heterocycles. The van der Waals surface area contributed by atoms with Crippen LogP contribution in [-0.2, 0) is 4.79 Å². The summed E-state index contributed by atoms with van der Waals surface area (Å²) in [5.41, 5.74) is 6.85. The standard InChI is InChI=1S/C18H27FN2O.ClH/c1-4-18(5-2,6-3)17(22)21-11-15(16(20)12-21)13-8-7-9-14(19)10-13;/h7-10,15-16H,4-6,11-12,20H2,1-3H3;1H/t15-,16+;/m0./s1. The zero-order chi connectivity index (χ0) is 16.3. The molecule has 2 rings (SSSR count). The van der Waals surface area contributed by atoms with E-state index in [4.69, 9.17) is 5.73 Å². The lowest BCUT2D eigenvalue weighted by Crippen LogP contribution is -2.43. The van der Waals surface area contributed by atoms with Crippen molar-refractivity contribution in [2.24, 2.45) is 11.1 Å². The summed E-state index contributed by atoms with van der Waals surface area (Å²) in [7, 11) is 0. The van der Waals surface area contributed by atoms with Gasteiger partial charge < -0.3 is 10.6 Å². The van der Waals surface area contributed by atoms with Crippen molar-refractivity contribution >= 4 is 18.3 Å². The fraction of sp³-hybridized carbons (Fsp3) is 0.611. The van der Waals surface area contributed by atoms with Crippen molar-refractivity contribution in [3.63, 3.8) is 0 Å². The topological polar surface area (TPSA) is 46.3 Å². The maximum absolute atomic E-state index is 13.4. The van der Waals surface area contributed by atoms with Gasteiger partial charge in [-0.15, -0.1) is 12.4 Å². The molecule has 2 atom stereocenters. The van der Waals surface area contributed by atoms with Gasteiger partial charge in [0.1, 0.15) is 5.82 Å². The smallest absolute Gasteiger partial charge is 0.228 e. The molecule has 1 aliphatic rings. The van der Waals surface area contributed by atoms with Crippen molar-refractivity contribution in [3.8, 4) is 0 Å². The first-order chi connectivity index (χ1) is 10.5. The van der Waals surface area contributed by atoms with E-state index < -0.39 is 0 Å². The summed E-state index contributed by atoms with van der Waals surface area (Å²) < 4.78 is 13.4. The average molecular weight is 343 g/mol. The Labute approximate surface area is 144 Å². The van der Waals surface area contributed by atoms with Crippen LogP contribution in [0.15, 0.2) is 24.3 Å². The molecule has 130 valence electrons. The van der Waals surface area contributed by atoms with E-state index in [1.165, 1.54) is 12.1 Å². The largest absolute Gasteiger partial charge is 0.340 e. The fourth-order valence-corrected chi connectivity index (χ4v) is 3.62. The number of nitrogens with zero attached hydrogens (tertiary/aromatic N) is 1. The van der Waals surface area contributed by atoms with Crippen LogP contribution in [0.2, 0.25) is 0 Å². The Morgan fingerprint density at radius 3 is 2.39 bits per heavy atom. The fourth-order valence-electron chi connectivity index (χ4n) is 3.62. The number of carbonyl (C=O) groups is 1. The van der Waals surface area contributed by atoms with Gasteiger partial charge in [-0.1, -0.05) is 32.9 Å². The Morgan fingerprint density at radius 2 is 1.87 bits per heavy atom. The maximum Gasteiger partial charge on any atom is 0.228 e. The lowest BCUT2D eigenvalue weighted by atomic mass is 9.78. The Bertz CT molecular complexity index is 525. The van der Waals surface area contributed by atoms with Crippen molar-refractivity contribution < 1.29 is 9.18 Å². The zero-order valence-electron chi connectivity index (χ0n) is 14.2. The summed E-state index contributed by atoms with van der Waals surface area (Å²) >= 11 is 0. The molecule has 0 bridgehead atoms. The van der Waals surface area contributed by atoms with Crippen molar-refractivity contribution in [1.29, 1.82) is 0 Å². The molecule has 0 radical (unpaired) electrons. The summed E-state index contributed by atoms with van der Waals surface area (Å²) in [5.74, 6) is -0.0308. The molecule has 2 N–H and O–H groups in total. The van der Waals surface area contributed by atoms with Crippen molar-refractivity contribution in [2.75, 3.05) is 13.1 Å². The molecule has 1 saturated heterocycles. The van der Waals surface area contributed by atoms with Gasteiger partial charge in [-0.3, -0.25) is 4.79 Å². The number of rotatable bonds is 5. The molecule has 0 aromatic heterocycles. The van der Waals surface area contributed by atoms with Gasteiger partial charge in [0.25, 0.3) is 0 Å². The Balaban J connectivity index is 0.00000264. The molecule has 0 unspecified atom stereocenters. The Hall–Kier alpha value is -1.13. The van der Waals surface area contributed by atoms with Gasteiger partial charge >= 0.3 is 0 Å². The van der Waals surface area contributed by atoms with E-state index in [-0.39, 0.29) is 41.5 Å². The third-order valence-corrected chi connectivity index (χ3v) is 5.41. The Kier molecular flexibility index (Phi) is 7.02. The molecular weight excluding hydrogens is 315 g/mol. The molecule has 0 saturated carbocycles. The number of halogens is 2. The van der Waals surface area contributed by atoms with Crippen molar-refractivity contribution in [3.05, 3.63) is 35.6 Å². The van der Waals surface area contributed by atoms with Crippen molar-refractivity contribution in [2.45, 2.75) is 52.0 Å². The van der Waals surface area contributed by atoms with Gasteiger partial charge in [0.15, 0.2) is 0 Å².